The van der Waals surface area contributed by atoms with Gasteiger partial charge in [0, 0.05) is 47.7 Å². The summed E-state index contributed by atoms with van der Waals surface area (Å²) in [7, 11) is 1.56. The Bertz CT molecular complexity index is 1770. The van der Waals surface area contributed by atoms with Crippen LogP contribution in [0.4, 0.5) is 16.2 Å². The number of hydrogen-bond acceptors (Lipinski definition) is 6. The first-order chi connectivity index (χ1) is 22.5. The van der Waals surface area contributed by atoms with Crippen LogP contribution in [0.25, 0.3) is 22.2 Å². The zero-order chi connectivity index (χ0) is 33.7. The van der Waals surface area contributed by atoms with Crippen LogP contribution in [0.15, 0.2) is 71.2 Å². The number of carbonyl (C=O) groups excluding carboxylic acids is 3. The molecule has 4 aromatic rings. The van der Waals surface area contributed by atoms with Crippen molar-refractivity contribution >= 4 is 56.1 Å². The van der Waals surface area contributed by atoms with Gasteiger partial charge in [0.1, 0.15) is 6.04 Å². The van der Waals surface area contributed by atoms with E-state index in [0.29, 0.717) is 25.1 Å². The van der Waals surface area contributed by atoms with Crippen LogP contribution in [0.5, 0.6) is 0 Å². The number of nitrogens with one attached hydrogen (secondary N) is 5. The van der Waals surface area contributed by atoms with Crippen molar-refractivity contribution in [2.75, 3.05) is 30.4 Å². The van der Waals surface area contributed by atoms with Gasteiger partial charge in [-0.25, -0.2) is 4.79 Å². The van der Waals surface area contributed by atoms with Crippen molar-refractivity contribution in [3.63, 3.8) is 0 Å². The lowest BCUT2D eigenvalue weighted by atomic mass is 9.99. The zero-order valence-electron chi connectivity index (χ0n) is 26.7. The lowest BCUT2D eigenvalue weighted by Crippen LogP contribution is -2.51. The van der Waals surface area contributed by atoms with E-state index in [0.717, 1.165) is 43.4 Å². The Morgan fingerprint density at radius 1 is 1.11 bits per heavy atom. The maximum atomic E-state index is 14.1. The molecular weight excluding hydrogens is 664 g/mol. The minimum atomic E-state index is -0.924. The van der Waals surface area contributed by atoms with Crippen LogP contribution in [0.2, 0.25) is 0 Å². The van der Waals surface area contributed by atoms with E-state index in [1.807, 2.05) is 80.6 Å². The quantitative estimate of drug-likeness (QED) is 0.122. The van der Waals surface area contributed by atoms with Gasteiger partial charge in [0.25, 0.3) is 0 Å². The lowest BCUT2D eigenvalue weighted by Gasteiger charge is -2.29. The van der Waals surface area contributed by atoms with Gasteiger partial charge in [0.2, 0.25) is 11.8 Å². The molecule has 2 atom stereocenters. The summed E-state index contributed by atoms with van der Waals surface area (Å²) in [5.74, 6) is -0.463. The number of amides is 4. The van der Waals surface area contributed by atoms with Gasteiger partial charge in [-0.1, -0.05) is 42.5 Å². The van der Waals surface area contributed by atoms with Gasteiger partial charge < -0.3 is 41.4 Å². The van der Waals surface area contributed by atoms with Crippen molar-refractivity contribution in [2.45, 2.75) is 57.3 Å². The summed E-state index contributed by atoms with van der Waals surface area (Å²) < 4.78 is 0.830. The summed E-state index contributed by atoms with van der Waals surface area (Å²) in [5, 5.41) is 31.3. The lowest BCUT2D eigenvalue weighted by molar-refractivity contribution is -0.128. The SMILES string of the molecule is CNC(=O)Nc1ccccc1-c1[nH]c2ccc(CN3C(=O)[C@H](NC(=O)CC(C)(C)NC[C@H](O)CO)CCc4ccccc43)cc2c1Br. The summed E-state index contributed by atoms with van der Waals surface area (Å²) in [6.45, 7) is 3.75. The van der Waals surface area contributed by atoms with E-state index < -0.39 is 17.7 Å². The van der Waals surface area contributed by atoms with Crippen LogP contribution >= 0.6 is 15.9 Å². The number of aromatic amines is 1. The smallest absolute Gasteiger partial charge is 0.318 e. The molecular formula is C35H41BrN6O5. The van der Waals surface area contributed by atoms with Gasteiger partial charge in [-0.2, -0.15) is 0 Å². The average molecular weight is 706 g/mol. The Morgan fingerprint density at radius 3 is 2.62 bits per heavy atom. The number of benzene rings is 3. The third-order valence-electron chi connectivity index (χ3n) is 8.33. The normalized spacial score (nSPS) is 15.6. The number of carbonyl (C=O) groups is 3. The van der Waals surface area contributed by atoms with Crippen LogP contribution in [0.1, 0.15) is 37.8 Å². The third-order valence-corrected chi connectivity index (χ3v) is 9.15. The van der Waals surface area contributed by atoms with Crippen molar-refractivity contribution < 1.29 is 24.6 Å². The number of aliphatic hydroxyl groups is 2. The molecule has 11 nitrogen and oxygen atoms in total. The Morgan fingerprint density at radius 2 is 1.85 bits per heavy atom. The van der Waals surface area contributed by atoms with E-state index in [2.05, 4.69) is 42.2 Å². The van der Waals surface area contributed by atoms with E-state index in [-0.39, 0.29) is 37.4 Å². The highest BCUT2D eigenvalue weighted by Crippen LogP contribution is 2.39. The minimum absolute atomic E-state index is 0.0875. The predicted molar refractivity (Wildman–Crippen MR) is 187 cm³/mol. The van der Waals surface area contributed by atoms with Crippen molar-refractivity contribution in [1.82, 2.24) is 20.9 Å². The maximum Gasteiger partial charge on any atom is 0.318 e. The molecule has 2 heterocycles. The number of rotatable bonds is 11. The highest BCUT2D eigenvalue weighted by atomic mass is 79.9. The molecule has 0 fully saturated rings. The maximum absolute atomic E-state index is 14.1. The number of hydrogen-bond donors (Lipinski definition) is 7. The van der Waals surface area contributed by atoms with Crippen LogP contribution in [-0.4, -0.2) is 70.9 Å². The molecule has 0 aliphatic carbocycles. The fraction of sp³-hybridized carbons (Fsp3) is 0.343. The molecule has 1 aliphatic rings. The second-order valence-electron chi connectivity index (χ2n) is 12.4. The molecule has 0 bridgehead atoms. The molecule has 7 N–H and O–H groups in total. The summed E-state index contributed by atoms with van der Waals surface area (Å²) in [5.41, 5.74) is 5.27. The standard InChI is InChI=1S/C35H41BrN6O5/c1-35(2,38-18-23(44)20-43)17-30(45)39-28-15-13-22-8-4-7-11-29(22)42(33(28)46)19-21-12-14-27-25(16-21)31(36)32(40-27)24-9-5-6-10-26(24)41-34(47)37-3/h4-12,14,16,23,28,38,40,43-44H,13,15,17-20H2,1-3H3,(H,39,45)(H2,37,41,47)/t23-,28+/m0/s1. The average Bonchev–Trinajstić information content (AvgIpc) is 3.32. The van der Waals surface area contributed by atoms with Gasteiger partial charge in [-0.15, -0.1) is 0 Å². The molecule has 0 saturated carbocycles. The van der Waals surface area contributed by atoms with Gasteiger partial charge in [-0.3, -0.25) is 9.59 Å². The largest absolute Gasteiger partial charge is 0.394 e. The second-order valence-corrected chi connectivity index (χ2v) is 13.2. The second kappa shape index (κ2) is 14.7. The molecule has 0 unspecified atom stereocenters. The van der Waals surface area contributed by atoms with Gasteiger partial charge >= 0.3 is 6.03 Å². The zero-order valence-corrected chi connectivity index (χ0v) is 28.3. The summed E-state index contributed by atoms with van der Waals surface area (Å²) >= 11 is 3.78. The Balaban J connectivity index is 1.39. The number of fused-ring (bicyclic) bond motifs is 2. The van der Waals surface area contributed by atoms with Crippen molar-refractivity contribution in [3.05, 3.63) is 82.3 Å². The molecule has 1 aromatic heterocycles. The molecule has 248 valence electrons. The van der Waals surface area contributed by atoms with Gasteiger partial charge in [0.05, 0.1) is 35.1 Å². The molecule has 4 amide bonds. The van der Waals surface area contributed by atoms with Crippen molar-refractivity contribution in [1.29, 1.82) is 0 Å². The van der Waals surface area contributed by atoms with E-state index in [4.69, 9.17) is 5.11 Å². The fourth-order valence-corrected chi connectivity index (χ4v) is 6.49. The first kappa shape index (κ1) is 34.1. The molecule has 5 rings (SSSR count). The first-order valence-electron chi connectivity index (χ1n) is 15.6. The Hall–Kier alpha value is -4.23. The van der Waals surface area contributed by atoms with E-state index in [1.54, 1.807) is 11.9 Å². The van der Waals surface area contributed by atoms with Crippen LogP contribution in [0.3, 0.4) is 0 Å². The summed E-state index contributed by atoms with van der Waals surface area (Å²) in [6.07, 6.45) is 0.254. The topological polar surface area (TPSA) is 159 Å². The number of aliphatic hydroxyl groups excluding tert-OH is 2. The Kier molecular flexibility index (Phi) is 10.7. The molecule has 0 radical (unpaired) electrons. The Labute approximate surface area is 282 Å². The number of aromatic nitrogens is 1. The number of urea groups is 1. The first-order valence-corrected chi connectivity index (χ1v) is 16.4. The van der Waals surface area contributed by atoms with Gasteiger partial charge in [-0.05, 0) is 78.0 Å². The number of para-hydroxylation sites is 2. The van der Waals surface area contributed by atoms with E-state index in [1.165, 1.54) is 0 Å². The number of anilines is 2. The van der Waals surface area contributed by atoms with Crippen molar-refractivity contribution in [2.24, 2.45) is 0 Å². The van der Waals surface area contributed by atoms with E-state index >= 15 is 0 Å². The monoisotopic (exact) mass is 704 g/mol. The molecule has 12 heteroatoms. The van der Waals surface area contributed by atoms with Crippen LogP contribution in [-0.2, 0) is 22.6 Å². The van der Waals surface area contributed by atoms with Crippen molar-refractivity contribution in [3.8, 4) is 11.3 Å². The predicted octanol–water partition coefficient (Wildman–Crippen LogP) is 4.42. The van der Waals surface area contributed by atoms with E-state index in [9.17, 15) is 19.5 Å². The van der Waals surface area contributed by atoms with Crippen LogP contribution < -0.4 is 26.2 Å². The highest BCUT2D eigenvalue weighted by molar-refractivity contribution is 9.10. The number of H-pyrrole nitrogens is 1. The number of nitrogens with zero attached hydrogens (tertiary/aromatic N) is 1. The fourth-order valence-electron chi connectivity index (χ4n) is 5.85. The third kappa shape index (κ3) is 8.02. The highest BCUT2D eigenvalue weighted by Gasteiger charge is 2.33. The molecule has 47 heavy (non-hydrogen) atoms. The number of halogens is 1. The minimum Gasteiger partial charge on any atom is -0.394 e. The molecule has 3 aromatic carbocycles. The molecule has 1 aliphatic heterocycles. The number of aryl methyl sites for hydroxylation is 1. The summed E-state index contributed by atoms with van der Waals surface area (Å²) in [6, 6.07) is 20.3. The number of β-amino-alcohol motifs (C(OH)–C–C–N with tert-alkyl or cyclic N) is 1. The molecule has 0 spiro atoms. The van der Waals surface area contributed by atoms with Gasteiger partial charge in [0.15, 0.2) is 0 Å². The molecule has 0 saturated heterocycles. The summed E-state index contributed by atoms with van der Waals surface area (Å²) in [4.78, 5) is 44.6. The van der Waals surface area contributed by atoms with Crippen LogP contribution in [0, 0.1) is 0 Å².